The SMILES string of the molecule is CCCCc1nc2ccc(Br)cc2c(=O)n1N=Cc1cc(C)n(-c2ccc(OCc3ccc(F)cc3)cc2)c1C. The molecule has 0 aliphatic carbocycles. The highest BCUT2D eigenvalue weighted by molar-refractivity contribution is 9.10. The number of ether oxygens (including phenoxy) is 1. The molecule has 0 saturated carbocycles. The Morgan fingerprint density at radius 2 is 1.77 bits per heavy atom. The average Bonchev–Trinajstić information content (AvgIpc) is 3.24. The lowest BCUT2D eigenvalue weighted by molar-refractivity contribution is 0.306. The normalized spacial score (nSPS) is 11.5. The summed E-state index contributed by atoms with van der Waals surface area (Å²) in [6.45, 7) is 6.55. The van der Waals surface area contributed by atoms with E-state index >= 15 is 0 Å². The third kappa shape index (κ3) is 5.92. The second kappa shape index (κ2) is 12.0. The molecule has 5 rings (SSSR count). The number of unbranched alkanes of at least 4 members (excludes halogenated alkanes) is 1. The van der Waals surface area contributed by atoms with Crippen LogP contribution in [0.15, 0.2) is 87.2 Å². The molecule has 0 saturated heterocycles. The van der Waals surface area contributed by atoms with Gasteiger partial charge >= 0.3 is 0 Å². The first-order chi connectivity index (χ1) is 19.3. The molecule has 0 aliphatic rings. The summed E-state index contributed by atoms with van der Waals surface area (Å²) in [5.41, 5.74) is 5.34. The molecule has 3 aromatic carbocycles. The number of benzene rings is 3. The van der Waals surface area contributed by atoms with Crippen molar-refractivity contribution < 1.29 is 9.13 Å². The fourth-order valence-electron chi connectivity index (χ4n) is 4.68. The van der Waals surface area contributed by atoms with E-state index in [9.17, 15) is 9.18 Å². The lowest BCUT2D eigenvalue weighted by atomic mass is 10.2. The van der Waals surface area contributed by atoms with E-state index in [1.54, 1.807) is 24.4 Å². The van der Waals surface area contributed by atoms with E-state index in [1.807, 2.05) is 50.2 Å². The minimum atomic E-state index is -0.263. The van der Waals surface area contributed by atoms with Gasteiger partial charge in [-0.05, 0) is 86.5 Å². The van der Waals surface area contributed by atoms with Crippen molar-refractivity contribution in [3.05, 3.63) is 122 Å². The molecule has 0 amide bonds. The van der Waals surface area contributed by atoms with Crippen LogP contribution >= 0.6 is 15.9 Å². The van der Waals surface area contributed by atoms with Gasteiger partial charge in [0.05, 0.1) is 17.1 Å². The van der Waals surface area contributed by atoms with E-state index in [-0.39, 0.29) is 11.4 Å². The fraction of sp³-hybridized carbons (Fsp3) is 0.219. The van der Waals surface area contributed by atoms with Crippen LogP contribution in [0, 0.1) is 19.7 Å². The average molecular weight is 602 g/mol. The van der Waals surface area contributed by atoms with E-state index in [4.69, 9.17) is 9.72 Å². The number of aryl methyl sites for hydroxylation is 2. The zero-order valence-electron chi connectivity index (χ0n) is 22.7. The molecule has 5 aromatic rings. The Labute approximate surface area is 240 Å². The van der Waals surface area contributed by atoms with E-state index in [0.29, 0.717) is 29.8 Å². The quantitative estimate of drug-likeness (QED) is 0.164. The van der Waals surface area contributed by atoms with E-state index in [2.05, 4.69) is 38.6 Å². The van der Waals surface area contributed by atoms with Crippen molar-refractivity contribution in [3.8, 4) is 11.4 Å². The number of hydrogen-bond donors (Lipinski definition) is 0. The summed E-state index contributed by atoms with van der Waals surface area (Å²) in [5.74, 6) is 1.12. The van der Waals surface area contributed by atoms with Gasteiger partial charge in [-0.15, -0.1) is 0 Å². The number of aromatic nitrogens is 3. The minimum Gasteiger partial charge on any atom is -0.489 e. The van der Waals surface area contributed by atoms with Gasteiger partial charge in [-0.25, -0.2) is 9.37 Å². The largest absolute Gasteiger partial charge is 0.489 e. The molecule has 2 heterocycles. The predicted octanol–water partition coefficient (Wildman–Crippen LogP) is 7.51. The summed E-state index contributed by atoms with van der Waals surface area (Å²) in [7, 11) is 0. The third-order valence-corrected chi connectivity index (χ3v) is 7.32. The molecule has 0 radical (unpaired) electrons. The van der Waals surface area contributed by atoms with Gasteiger partial charge in [0.25, 0.3) is 5.56 Å². The molecular formula is C32H30BrFN4O2. The van der Waals surface area contributed by atoms with Crippen LogP contribution in [0.3, 0.4) is 0 Å². The number of fused-ring (bicyclic) bond motifs is 1. The Hall–Kier alpha value is -4.04. The summed E-state index contributed by atoms with van der Waals surface area (Å²) >= 11 is 3.46. The predicted molar refractivity (Wildman–Crippen MR) is 161 cm³/mol. The topological polar surface area (TPSA) is 61.4 Å². The van der Waals surface area contributed by atoms with Gasteiger partial charge in [0.1, 0.15) is 24.0 Å². The molecule has 0 bridgehead atoms. The van der Waals surface area contributed by atoms with Crippen molar-refractivity contribution in [2.75, 3.05) is 0 Å². The lowest BCUT2D eigenvalue weighted by Crippen LogP contribution is -2.22. The molecule has 0 unspecified atom stereocenters. The number of halogens is 2. The molecule has 2 aromatic heterocycles. The molecule has 204 valence electrons. The molecule has 6 nitrogen and oxygen atoms in total. The van der Waals surface area contributed by atoms with Crippen LogP contribution in [0.1, 0.15) is 48.1 Å². The monoisotopic (exact) mass is 600 g/mol. The molecule has 0 spiro atoms. The van der Waals surface area contributed by atoms with Crippen LogP contribution in [0.4, 0.5) is 4.39 Å². The van der Waals surface area contributed by atoms with Gasteiger partial charge in [0.15, 0.2) is 0 Å². The number of nitrogens with zero attached hydrogens (tertiary/aromatic N) is 4. The maximum atomic E-state index is 13.4. The van der Waals surface area contributed by atoms with E-state index < -0.39 is 0 Å². The summed E-state index contributed by atoms with van der Waals surface area (Å²) in [6, 6.07) is 21.7. The van der Waals surface area contributed by atoms with Gasteiger partial charge < -0.3 is 9.30 Å². The van der Waals surface area contributed by atoms with Gasteiger partial charge in [0, 0.05) is 33.5 Å². The molecule has 0 aliphatic heterocycles. The summed E-state index contributed by atoms with van der Waals surface area (Å²) < 4.78 is 23.4. The fourth-order valence-corrected chi connectivity index (χ4v) is 5.05. The van der Waals surface area contributed by atoms with Crippen molar-refractivity contribution in [2.24, 2.45) is 5.10 Å². The van der Waals surface area contributed by atoms with Crippen molar-refractivity contribution in [1.82, 2.24) is 14.2 Å². The van der Waals surface area contributed by atoms with Crippen LogP contribution in [0.25, 0.3) is 16.6 Å². The molecule has 8 heteroatoms. The Bertz CT molecular complexity index is 1740. The molecule has 0 atom stereocenters. The molecular weight excluding hydrogens is 571 g/mol. The van der Waals surface area contributed by atoms with Crippen molar-refractivity contribution in [1.29, 1.82) is 0 Å². The highest BCUT2D eigenvalue weighted by Crippen LogP contribution is 2.23. The first kappa shape index (κ1) is 27.5. The Balaban J connectivity index is 1.41. The Morgan fingerprint density at radius 3 is 2.50 bits per heavy atom. The zero-order valence-corrected chi connectivity index (χ0v) is 24.3. The van der Waals surface area contributed by atoms with Gasteiger partial charge in [-0.2, -0.15) is 9.78 Å². The standard InChI is InChI=1S/C32H30BrFN4O2/c1-4-5-6-31-36-30-16-9-25(33)18-29(30)32(39)38(31)35-19-24-17-21(2)37(22(24)3)27-12-14-28(15-13-27)40-20-23-7-10-26(34)11-8-23/h7-19H,4-6,20H2,1-3H3. The maximum Gasteiger partial charge on any atom is 0.282 e. The van der Waals surface area contributed by atoms with E-state index in [0.717, 1.165) is 51.3 Å². The van der Waals surface area contributed by atoms with Gasteiger partial charge in [-0.1, -0.05) is 41.4 Å². The van der Waals surface area contributed by atoms with Crippen molar-refractivity contribution in [3.63, 3.8) is 0 Å². The van der Waals surface area contributed by atoms with Crippen molar-refractivity contribution >= 4 is 33.0 Å². The van der Waals surface area contributed by atoms with Gasteiger partial charge in [-0.3, -0.25) is 4.79 Å². The highest BCUT2D eigenvalue weighted by atomic mass is 79.9. The highest BCUT2D eigenvalue weighted by Gasteiger charge is 2.13. The Kier molecular flexibility index (Phi) is 8.26. The maximum absolute atomic E-state index is 13.4. The van der Waals surface area contributed by atoms with Crippen LogP contribution in [0.2, 0.25) is 0 Å². The van der Waals surface area contributed by atoms with Gasteiger partial charge in [0.2, 0.25) is 0 Å². The zero-order chi connectivity index (χ0) is 28.2. The van der Waals surface area contributed by atoms with Crippen LogP contribution < -0.4 is 10.3 Å². The summed E-state index contributed by atoms with van der Waals surface area (Å²) in [6.07, 6.45) is 4.32. The smallest absolute Gasteiger partial charge is 0.282 e. The molecule has 0 fully saturated rings. The van der Waals surface area contributed by atoms with Crippen LogP contribution in [0.5, 0.6) is 5.75 Å². The minimum absolute atomic E-state index is 0.182. The Morgan fingerprint density at radius 1 is 1.02 bits per heavy atom. The lowest BCUT2D eigenvalue weighted by Gasteiger charge is -2.12. The second-order valence-electron chi connectivity index (χ2n) is 9.73. The van der Waals surface area contributed by atoms with Crippen molar-refractivity contribution in [2.45, 2.75) is 46.6 Å². The first-order valence-corrected chi connectivity index (χ1v) is 14.1. The van der Waals surface area contributed by atoms with Crippen LogP contribution in [-0.4, -0.2) is 20.4 Å². The molecule has 40 heavy (non-hydrogen) atoms. The third-order valence-electron chi connectivity index (χ3n) is 6.83. The summed E-state index contributed by atoms with van der Waals surface area (Å²) in [4.78, 5) is 18.2. The van der Waals surface area contributed by atoms with E-state index in [1.165, 1.54) is 16.8 Å². The first-order valence-electron chi connectivity index (χ1n) is 13.3. The number of hydrogen-bond acceptors (Lipinski definition) is 4. The molecule has 0 N–H and O–H groups in total. The second-order valence-corrected chi connectivity index (χ2v) is 10.6. The summed E-state index contributed by atoms with van der Waals surface area (Å²) in [5, 5.41) is 5.16. The van der Waals surface area contributed by atoms with Crippen LogP contribution in [-0.2, 0) is 13.0 Å². The number of rotatable bonds is 9.